The molecule has 0 radical (unpaired) electrons. The molecular weight excluding hydrogens is 163 g/mol. The van der Waals surface area contributed by atoms with Gasteiger partial charge in [-0.3, -0.25) is 4.79 Å². The van der Waals surface area contributed by atoms with E-state index in [-0.39, 0.29) is 4.83 Å². The topological polar surface area (TPSA) is 17.1 Å². The zero-order chi connectivity index (χ0) is 5.86. The van der Waals surface area contributed by atoms with E-state index in [0.29, 0.717) is 0 Å². The molecule has 0 heterocycles. The average molecular weight is 169 g/mol. The van der Waals surface area contributed by atoms with E-state index in [2.05, 4.69) is 15.9 Å². The van der Waals surface area contributed by atoms with Crippen molar-refractivity contribution >= 4 is 21.7 Å². The van der Waals surface area contributed by atoms with Crippen molar-refractivity contribution < 1.29 is 9.18 Å². The molecule has 0 aromatic rings. The van der Waals surface area contributed by atoms with Crippen molar-refractivity contribution in [2.24, 2.45) is 0 Å². The number of carbonyl (C=O) groups is 1. The van der Waals surface area contributed by atoms with Crippen LogP contribution in [-0.2, 0) is 4.79 Å². The highest BCUT2D eigenvalue weighted by Gasteiger charge is 2.05. The largest absolute Gasteiger partial charge is 0.295 e. The highest BCUT2D eigenvalue weighted by molar-refractivity contribution is 9.10. The van der Waals surface area contributed by atoms with Gasteiger partial charge in [-0.1, -0.05) is 15.9 Å². The lowest BCUT2D eigenvalue weighted by molar-refractivity contribution is -0.118. The predicted molar refractivity (Wildman–Crippen MR) is 29.4 cm³/mol. The van der Waals surface area contributed by atoms with Crippen LogP contribution in [0.5, 0.6) is 0 Å². The molecule has 0 fully saturated rings. The maximum atomic E-state index is 11.3. The summed E-state index contributed by atoms with van der Waals surface area (Å²) in [7, 11) is 0. The van der Waals surface area contributed by atoms with Gasteiger partial charge in [-0.25, -0.2) is 4.39 Å². The molecule has 0 saturated carbocycles. The summed E-state index contributed by atoms with van der Waals surface area (Å²) in [6.45, 7) is 0.730. The molecule has 1 nitrogen and oxygen atoms in total. The Kier molecular flexibility index (Phi) is 3.17. The molecule has 0 spiro atoms. The lowest BCUT2D eigenvalue weighted by Gasteiger charge is -1.91. The van der Waals surface area contributed by atoms with E-state index >= 15 is 0 Å². The van der Waals surface area contributed by atoms with E-state index in [1.54, 1.807) is 6.92 Å². The van der Waals surface area contributed by atoms with Gasteiger partial charge in [-0.05, 0) is 6.92 Å². The third kappa shape index (κ3) is 2.74. The van der Waals surface area contributed by atoms with Crippen molar-refractivity contribution in [3.8, 4) is 0 Å². The number of carbonyl (C=O) groups excluding carboxylic acids is 1. The second-order valence-corrected chi connectivity index (χ2v) is 2.59. The monoisotopic (exact) mass is 168 g/mol. The summed E-state index contributed by atoms with van der Waals surface area (Å²) in [5.41, 5.74) is 0. The standard InChI is InChI=1S/C4H6BrFO/c1-3(5)4(7)2-6/h3H,2H2,1H3. The van der Waals surface area contributed by atoms with Gasteiger partial charge in [0, 0.05) is 0 Å². The summed E-state index contributed by atoms with van der Waals surface area (Å²) in [6, 6.07) is 0. The summed E-state index contributed by atoms with van der Waals surface area (Å²) >= 11 is 2.91. The molecule has 42 valence electrons. The van der Waals surface area contributed by atoms with Gasteiger partial charge >= 0.3 is 0 Å². The number of hydrogen-bond donors (Lipinski definition) is 0. The first-order valence-electron chi connectivity index (χ1n) is 1.91. The van der Waals surface area contributed by atoms with E-state index in [9.17, 15) is 9.18 Å². The maximum Gasteiger partial charge on any atom is 0.177 e. The average Bonchev–Trinajstić information content (AvgIpc) is 1.65. The number of Topliss-reactive ketones (excluding diaryl/α,β-unsaturated/α-hetero) is 1. The zero-order valence-corrected chi connectivity index (χ0v) is 5.53. The first-order valence-corrected chi connectivity index (χ1v) is 2.82. The molecule has 0 aliphatic carbocycles. The molecule has 0 amide bonds. The zero-order valence-electron chi connectivity index (χ0n) is 3.95. The quantitative estimate of drug-likeness (QED) is 0.569. The lowest BCUT2D eigenvalue weighted by Crippen LogP contribution is -2.10. The van der Waals surface area contributed by atoms with Crippen LogP contribution in [0.4, 0.5) is 4.39 Å². The summed E-state index contributed by atoms with van der Waals surface area (Å²) in [5.74, 6) is -0.403. The Morgan fingerprint density at radius 2 is 2.43 bits per heavy atom. The van der Waals surface area contributed by atoms with Crippen LogP contribution in [0, 0.1) is 0 Å². The summed E-state index contributed by atoms with van der Waals surface area (Å²) in [4.78, 5) is 9.75. The van der Waals surface area contributed by atoms with Crippen LogP contribution >= 0.6 is 15.9 Å². The van der Waals surface area contributed by atoms with Crippen LogP contribution in [0.1, 0.15) is 6.92 Å². The second-order valence-electron chi connectivity index (χ2n) is 1.22. The SMILES string of the molecule is CC(Br)C(=O)CF. The van der Waals surface area contributed by atoms with Crippen molar-refractivity contribution in [3.05, 3.63) is 0 Å². The Balaban J connectivity index is 3.35. The Labute approximate surface area is 50.0 Å². The summed E-state index contributed by atoms with van der Waals surface area (Å²) < 4.78 is 11.3. The normalized spacial score (nSPS) is 13.6. The van der Waals surface area contributed by atoms with Crippen molar-refractivity contribution in [3.63, 3.8) is 0 Å². The van der Waals surface area contributed by atoms with Crippen LogP contribution in [0.3, 0.4) is 0 Å². The maximum absolute atomic E-state index is 11.3. The first-order chi connectivity index (χ1) is 3.18. The van der Waals surface area contributed by atoms with Crippen LogP contribution in [0.2, 0.25) is 0 Å². The third-order valence-corrected chi connectivity index (χ3v) is 1.09. The number of alkyl halides is 2. The fourth-order valence-corrected chi connectivity index (χ4v) is 0.229. The minimum atomic E-state index is -0.869. The Morgan fingerprint density at radius 1 is 2.00 bits per heavy atom. The molecule has 0 aliphatic rings. The third-order valence-electron chi connectivity index (χ3n) is 0.575. The van der Waals surface area contributed by atoms with E-state index in [1.807, 2.05) is 0 Å². The number of rotatable bonds is 2. The predicted octanol–water partition coefficient (Wildman–Crippen LogP) is 1.31. The molecule has 0 rings (SSSR count). The fourth-order valence-electron chi connectivity index (χ4n) is 0.106. The van der Waals surface area contributed by atoms with Crippen molar-refractivity contribution in [1.82, 2.24) is 0 Å². The van der Waals surface area contributed by atoms with Gasteiger partial charge in [0.15, 0.2) is 5.78 Å². The van der Waals surface area contributed by atoms with Gasteiger partial charge in [0.1, 0.15) is 6.67 Å². The van der Waals surface area contributed by atoms with Crippen LogP contribution < -0.4 is 0 Å². The van der Waals surface area contributed by atoms with Crippen molar-refractivity contribution in [1.29, 1.82) is 0 Å². The lowest BCUT2D eigenvalue weighted by atomic mass is 10.3. The molecule has 3 heteroatoms. The van der Waals surface area contributed by atoms with Crippen LogP contribution in [-0.4, -0.2) is 17.3 Å². The fraction of sp³-hybridized carbons (Fsp3) is 0.750. The van der Waals surface area contributed by atoms with E-state index in [4.69, 9.17) is 0 Å². The molecule has 0 bridgehead atoms. The van der Waals surface area contributed by atoms with Crippen LogP contribution in [0.15, 0.2) is 0 Å². The van der Waals surface area contributed by atoms with Gasteiger partial charge in [-0.15, -0.1) is 0 Å². The van der Waals surface area contributed by atoms with Gasteiger partial charge in [0.25, 0.3) is 0 Å². The van der Waals surface area contributed by atoms with Gasteiger partial charge in [-0.2, -0.15) is 0 Å². The molecular formula is C4H6BrFO. The first kappa shape index (κ1) is 7.08. The Bertz CT molecular complexity index is 72.1. The van der Waals surface area contributed by atoms with Gasteiger partial charge < -0.3 is 0 Å². The Hall–Kier alpha value is 0.0800. The van der Waals surface area contributed by atoms with Crippen molar-refractivity contribution in [2.75, 3.05) is 6.67 Å². The summed E-state index contributed by atoms with van der Waals surface area (Å²) in [6.07, 6.45) is 0. The van der Waals surface area contributed by atoms with Crippen molar-refractivity contribution in [2.45, 2.75) is 11.8 Å². The smallest absolute Gasteiger partial charge is 0.177 e. The molecule has 0 aliphatic heterocycles. The number of halogens is 2. The van der Waals surface area contributed by atoms with E-state index in [1.165, 1.54) is 0 Å². The molecule has 0 saturated heterocycles. The Morgan fingerprint density at radius 3 is 2.43 bits per heavy atom. The van der Waals surface area contributed by atoms with Crippen LogP contribution in [0.25, 0.3) is 0 Å². The molecule has 0 N–H and O–H groups in total. The van der Waals surface area contributed by atoms with Gasteiger partial charge in [0.05, 0.1) is 4.83 Å². The van der Waals surface area contributed by atoms with Gasteiger partial charge in [0.2, 0.25) is 0 Å². The summed E-state index contributed by atoms with van der Waals surface area (Å²) in [5, 5.41) is 0. The molecule has 7 heavy (non-hydrogen) atoms. The minimum absolute atomic E-state index is 0.336. The molecule has 0 aromatic carbocycles. The molecule has 1 atom stereocenters. The molecule has 1 unspecified atom stereocenters. The highest BCUT2D eigenvalue weighted by Crippen LogP contribution is 1.97. The van der Waals surface area contributed by atoms with E-state index in [0.717, 1.165) is 0 Å². The number of ketones is 1. The second kappa shape index (κ2) is 3.13. The molecule has 0 aromatic heterocycles. The number of hydrogen-bond acceptors (Lipinski definition) is 1. The highest BCUT2D eigenvalue weighted by atomic mass is 79.9. The minimum Gasteiger partial charge on any atom is -0.295 e. The van der Waals surface area contributed by atoms with E-state index < -0.39 is 12.5 Å².